The van der Waals surface area contributed by atoms with Crippen LogP contribution in [0.3, 0.4) is 0 Å². The molecule has 10 heteroatoms. The third-order valence-electron chi connectivity index (χ3n) is 7.66. The average molecular weight is 584 g/mol. The lowest BCUT2D eigenvalue weighted by atomic mass is 9.91. The van der Waals surface area contributed by atoms with Gasteiger partial charge in [0.15, 0.2) is 0 Å². The van der Waals surface area contributed by atoms with Gasteiger partial charge in [-0.3, -0.25) is 9.69 Å². The molecular weight excluding hydrogens is 545 g/mol. The fraction of sp³-hybridized carbons (Fsp3) is 0.419. The zero-order valence-electron chi connectivity index (χ0n) is 23.5. The number of hydrogen-bond donors (Lipinski definition) is 4. The second-order valence-corrected chi connectivity index (χ2v) is 11.2. The van der Waals surface area contributed by atoms with Crippen molar-refractivity contribution in [1.82, 2.24) is 20.5 Å². The van der Waals surface area contributed by atoms with Crippen LogP contribution in [0.5, 0.6) is 17.4 Å². The Morgan fingerprint density at radius 1 is 1.10 bits per heavy atom. The molecule has 2 aliphatic rings. The van der Waals surface area contributed by atoms with E-state index in [1.54, 1.807) is 12.1 Å². The number of benzene rings is 2. The Morgan fingerprint density at radius 3 is 2.51 bits per heavy atom. The number of hydrogen-bond acceptors (Lipinski definition) is 7. The molecule has 2 heterocycles. The molecule has 0 unspecified atom stereocenters. The molecule has 2 aromatic carbocycles. The topological polar surface area (TPSA) is 113 Å². The molecule has 0 bridgehead atoms. The van der Waals surface area contributed by atoms with Crippen LogP contribution < -0.4 is 21.1 Å². The van der Waals surface area contributed by atoms with Crippen LogP contribution in [0.2, 0.25) is 0 Å². The Kier molecular flexibility index (Phi) is 10.2. The maximum atomic E-state index is 14.1. The lowest BCUT2D eigenvalue weighted by molar-refractivity contribution is 0.0922. The summed E-state index contributed by atoms with van der Waals surface area (Å²) in [6, 6.07) is 15.1. The molecule has 5 rings (SSSR count). The highest BCUT2D eigenvalue weighted by Crippen LogP contribution is 2.32. The molecule has 1 amide bonds. The average Bonchev–Trinajstić information content (AvgIpc) is 2.92. The van der Waals surface area contributed by atoms with Crippen molar-refractivity contribution in [2.45, 2.75) is 70.2 Å². The number of aromatic nitrogens is 1. The van der Waals surface area contributed by atoms with E-state index in [2.05, 4.69) is 34.4 Å². The summed E-state index contributed by atoms with van der Waals surface area (Å²) in [7, 11) is 0. The number of pyridine rings is 1. The first-order chi connectivity index (χ1) is 19.2. The van der Waals surface area contributed by atoms with Gasteiger partial charge in [0.1, 0.15) is 22.9 Å². The van der Waals surface area contributed by atoms with Crippen LogP contribution in [-0.4, -0.2) is 58.2 Å². The first kappa shape index (κ1) is 30.7. The summed E-state index contributed by atoms with van der Waals surface area (Å²) in [5.74, 6) is -0.321. The molecule has 220 valence electrons. The maximum Gasteiger partial charge on any atom is 0.257 e. The van der Waals surface area contributed by atoms with Crippen LogP contribution in [-0.2, 0) is 6.54 Å². The summed E-state index contributed by atoms with van der Waals surface area (Å²) >= 11 is 0. The number of ether oxygens (including phenoxy) is 1. The standard InChI is InChI=1S/C31H38FN5O3.ClH/c1-19-16-37(17-20(2)35-19)18-23-7-6-22(13-29(23)38)21-4-3-5-27(12-21)40-31-28(14-24(32)15-34-31)30(39)36-26-10-8-25(33)9-11-26;/h3-7,12-15,19-20,25-26,35,38H,8-11,16-18,33H2,1-2H3,(H,36,39);1H/t19-,20+,25-,26-;. The minimum atomic E-state index is -0.614. The van der Waals surface area contributed by atoms with Crippen molar-refractivity contribution in [3.05, 3.63) is 71.7 Å². The summed E-state index contributed by atoms with van der Waals surface area (Å²) in [4.78, 5) is 19.4. The molecular formula is C31H39ClFN5O3. The molecule has 8 nitrogen and oxygen atoms in total. The number of carbonyl (C=O) groups excluding carboxylic acids is 1. The van der Waals surface area contributed by atoms with E-state index in [0.717, 1.165) is 67.7 Å². The van der Waals surface area contributed by atoms with E-state index < -0.39 is 11.7 Å². The van der Waals surface area contributed by atoms with Crippen molar-refractivity contribution in [1.29, 1.82) is 0 Å². The minimum absolute atomic E-state index is 0. The number of aromatic hydroxyl groups is 1. The van der Waals surface area contributed by atoms with Crippen molar-refractivity contribution in [3.63, 3.8) is 0 Å². The van der Waals surface area contributed by atoms with E-state index >= 15 is 0 Å². The Balaban J connectivity index is 0.00000387. The summed E-state index contributed by atoms with van der Waals surface area (Å²) < 4.78 is 20.1. The number of carbonyl (C=O) groups is 1. The van der Waals surface area contributed by atoms with E-state index in [1.807, 2.05) is 30.3 Å². The largest absolute Gasteiger partial charge is 0.508 e. The Bertz CT molecular complexity index is 1340. The molecule has 1 aromatic heterocycles. The molecule has 5 N–H and O–H groups in total. The van der Waals surface area contributed by atoms with E-state index in [0.29, 0.717) is 24.4 Å². The highest BCUT2D eigenvalue weighted by Gasteiger charge is 2.24. The first-order valence-electron chi connectivity index (χ1n) is 14.0. The Morgan fingerprint density at radius 2 is 1.80 bits per heavy atom. The summed E-state index contributed by atoms with van der Waals surface area (Å²) in [6.07, 6.45) is 4.28. The van der Waals surface area contributed by atoms with Gasteiger partial charge in [-0.05, 0) is 74.9 Å². The highest BCUT2D eigenvalue weighted by atomic mass is 35.5. The van der Waals surface area contributed by atoms with Crippen LogP contribution in [0.4, 0.5) is 4.39 Å². The summed E-state index contributed by atoms with van der Waals surface area (Å²) in [5.41, 5.74) is 8.55. The monoisotopic (exact) mass is 583 g/mol. The number of rotatable bonds is 7. The smallest absolute Gasteiger partial charge is 0.257 e. The molecule has 2 atom stereocenters. The molecule has 1 saturated carbocycles. The van der Waals surface area contributed by atoms with Crippen molar-refractivity contribution < 1.29 is 19.0 Å². The predicted molar refractivity (Wildman–Crippen MR) is 160 cm³/mol. The third kappa shape index (κ3) is 7.95. The molecule has 3 aromatic rings. The van der Waals surface area contributed by atoms with Gasteiger partial charge in [-0.15, -0.1) is 12.4 Å². The Labute approximate surface area is 246 Å². The van der Waals surface area contributed by atoms with Crippen LogP contribution in [0, 0.1) is 5.82 Å². The first-order valence-corrected chi connectivity index (χ1v) is 14.0. The molecule has 1 saturated heterocycles. The van der Waals surface area contributed by atoms with Gasteiger partial charge >= 0.3 is 0 Å². The SMILES string of the molecule is C[C@@H]1CN(Cc2ccc(-c3cccc(Oc4ncc(F)cc4C(=O)N[C@H]4CC[C@H](N)CC4)c3)cc2O)C[C@H](C)N1.Cl. The van der Waals surface area contributed by atoms with Gasteiger partial charge in [0, 0.05) is 49.4 Å². The fourth-order valence-electron chi connectivity index (χ4n) is 5.74. The lowest BCUT2D eigenvalue weighted by Crippen LogP contribution is -2.53. The van der Waals surface area contributed by atoms with Gasteiger partial charge in [-0.2, -0.15) is 0 Å². The van der Waals surface area contributed by atoms with Crippen LogP contribution >= 0.6 is 12.4 Å². The molecule has 41 heavy (non-hydrogen) atoms. The maximum absolute atomic E-state index is 14.1. The van der Waals surface area contributed by atoms with Gasteiger partial charge in [0.25, 0.3) is 5.91 Å². The number of phenolic OH excluding ortho intramolecular Hbond substituents is 1. The van der Waals surface area contributed by atoms with Gasteiger partial charge in [0.2, 0.25) is 5.88 Å². The molecule has 1 aliphatic carbocycles. The van der Waals surface area contributed by atoms with Crippen LogP contribution in [0.25, 0.3) is 11.1 Å². The Hall–Kier alpha value is -3.24. The quantitative estimate of drug-likeness (QED) is 0.310. The number of phenols is 1. The number of amides is 1. The van der Waals surface area contributed by atoms with Crippen LogP contribution in [0.15, 0.2) is 54.7 Å². The van der Waals surface area contributed by atoms with E-state index in [-0.39, 0.29) is 41.7 Å². The number of nitrogens with one attached hydrogen (secondary N) is 2. The van der Waals surface area contributed by atoms with Gasteiger partial charge in [-0.25, -0.2) is 9.37 Å². The minimum Gasteiger partial charge on any atom is -0.508 e. The molecule has 0 spiro atoms. The van der Waals surface area contributed by atoms with Crippen molar-refractivity contribution >= 4 is 18.3 Å². The van der Waals surface area contributed by atoms with E-state index in [1.165, 1.54) is 0 Å². The fourth-order valence-corrected chi connectivity index (χ4v) is 5.74. The second-order valence-electron chi connectivity index (χ2n) is 11.2. The van der Waals surface area contributed by atoms with Crippen molar-refractivity contribution in [2.24, 2.45) is 5.73 Å². The highest BCUT2D eigenvalue weighted by molar-refractivity contribution is 5.96. The summed E-state index contributed by atoms with van der Waals surface area (Å²) in [5, 5.41) is 17.3. The number of nitrogens with two attached hydrogens (primary N) is 1. The third-order valence-corrected chi connectivity index (χ3v) is 7.66. The number of halogens is 2. The van der Waals surface area contributed by atoms with Crippen LogP contribution in [0.1, 0.15) is 55.5 Å². The van der Waals surface area contributed by atoms with Gasteiger partial charge in [0.05, 0.1) is 6.20 Å². The molecule has 0 radical (unpaired) electrons. The normalized spacial score (nSPS) is 22.9. The van der Waals surface area contributed by atoms with Crippen molar-refractivity contribution in [2.75, 3.05) is 13.1 Å². The lowest BCUT2D eigenvalue weighted by Gasteiger charge is -2.36. The van der Waals surface area contributed by atoms with Crippen molar-refractivity contribution in [3.8, 4) is 28.5 Å². The zero-order chi connectivity index (χ0) is 28.2. The molecule has 1 aliphatic heterocycles. The predicted octanol–water partition coefficient (Wildman–Crippen LogP) is 4.99. The van der Waals surface area contributed by atoms with Gasteiger partial charge < -0.3 is 26.2 Å². The number of piperazine rings is 1. The number of nitrogens with zero attached hydrogens (tertiary/aromatic N) is 2. The molecule has 2 fully saturated rings. The zero-order valence-corrected chi connectivity index (χ0v) is 24.3. The summed E-state index contributed by atoms with van der Waals surface area (Å²) in [6.45, 7) is 6.88. The second kappa shape index (κ2) is 13.6. The van der Waals surface area contributed by atoms with E-state index in [4.69, 9.17) is 10.5 Å². The van der Waals surface area contributed by atoms with E-state index in [9.17, 15) is 14.3 Å². The van der Waals surface area contributed by atoms with Gasteiger partial charge in [-0.1, -0.05) is 24.3 Å².